The van der Waals surface area contributed by atoms with Crippen molar-refractivity contribution in [2.45, 2.75) is 13.8 Å². The summed E-state index contributed by atoms with van der Waals surface area (Å²) < 4.78 is 11.0. The van der Waals surface area contributed by atoms with Crippen LogP contribution in [0.2, 0.25) is 0 Å². The number of hydrogen-bond donors (Lipinski definition) is 2. The van der Waals surface area contributed by atoms with Crippen molar-refractivity contribution in [2.75, 3.05) is 6.16 Å². The number of allylic oxidation sites excluding steroid dienone is 1. The van der Waals surface area contributed by atoms with Gasteiger partial charge in [-0.15, -0.1) is 0 Å². The van der Waals surface area contributed by atoms with E-state index in [4.69, 9.17) is 10.00 Å². The van der Waals surface area contributed by atoms with E-state index in [2.05, 4.69) is 0 Å². The predicted molar refractivity (Wildman–Crippen MR) is 41.8 cm³/mol. The third kappa shape index (κ3) is 3.35. The van der Waals surface area contributed by atoms with E-state index >= 15 is 0 Å². The van der Waals surface area contributed by atoms with Gasteiger partial charge in [-0.2, -0.15) is 0 Å². The van der Waals surface area contributed by atoms with Crippen molar-refractivity contribution in [1.82, 2.24) is 0 Å². The van der Waals surface area contributed by atoms with Gasteiger partial charge in [0.25, 0.3) is 0 Å². The molecule has 0 aliphatic carbocycles. The molecule has 0 aromatic carbocycles. The molecule has 0 bridgehead atoms. The van der Waals surface area contributed by atoms with E-state index in [0.717, 1.165) is 6.08 Å². The molecule has 64 valence electrons. The quantitative estimate of drug-likeness (QED) is 0.504. The molecule has 0 heterocycles. The molecule has 4 nitrogen and oxygen atoms in total. The van der Waals surface area contributed by atoms with E-state index in [0.29, 0.717) is 0 Å². The van der Waals surface area contributed by atoms with Gasteiger partial charge < -0.3 is 10.00 Å². The zero-order valence-electron chi connectivity index (χ0n) is 6.44. The van der Waals surface area contributed by atoms with Gasteiger partial charge in [-0.05, 0) is 6.92 Å². The molecule has 0 aliphatic rings. The molecule has 1 atom stereocenters. The van der Waals surface area contributed by atoms with E-state index in [9.17, 15) is 9.36 Å². The van der Waals surface area contributed by atoms with Crippen LogP contribution >= 0.6 is 7.37 Å². The van der Waals surface area contributed by atoms with Crippen LogP contribution in [0.5, 0.6) is 0 Å². The maximum Gasteiger partial charge on any atom is 0.328 e. The zero-order chi connectivity index (χ0) is 9.07. The number of rotatable bonds is 3. The number of carboxylic acids is 1. The van der Waals surface area contributed by atoms with Crippen LogP contribution in [-0.4, -0.2) is 22.1 Å². The molecule has 0 aromatic heterocycles. The van der Waals surface area contributed by atoms with Crippen molar-refractivity contribution in [2.24, 2.45) is 0 Å². The minimum atomic E-state index is -3.34. The maximum absolute atomic E-state index is 11.0. The van der Waals surface area contributed by atoms with Crippen LogP contribution in [0, 0.1) is 0 Å². The molecule has 11 heavy (non-hydrogen) atoms. The second-order valence-corrected chi connectivity index (χ2v) is 4.88. The van der Waals surface area contributed by atoms with Gasteiger partial charge >= 0.3 is 5.97 Å². The average molecular weight is 178 g/mol. The summed E-state index contributed by atoms with van der Waals surface area (Å²) in [7, 11) is -3.34. The summed E-state index contributed by atoms with van der Waals surface area (Å²) in [5, 5.41) is 8.27. The first-order valence-corrected chi connectivity index (χ1v) is 4.98. The van der Waals surface area contributed by atoms with Gasteiger partial charge in [0.1, 0.15) is 0 Å². The van der Waals surface area contributed by atoms with Crippen LogP contribution in [0.15, 0.2) is 11.4 Å². The Morgan fingerprint density at radius 2 is 2.09 bits per heavy atom. The molecule has 0 fully saturated rings. The summed E-state index contributed by atoms with van der Waals surface area (Å²) in [6.45, 7) is 2.89. The van der Waals surface area contributed by atoms with Crippen molar-refractivity contribution in [1.29, 1.82) is 0 Å². The van der Waals surface area contributed by atoms with Crippen molar-refractivity contribution in [3.8, 4) is 0 Å². The van der Waals surface area contributed by atoms with Crippen LogP contribution in [0.4, 0.5) is 0 Å². The molecule has 2 N–H and O–H groups in total. The van der Waals surface area contributed by atoms with Crippen molar-refractivity contribution < 1.29 is 19.4 Å². The van der Waals surface area contributed by atoms with Crippen molar-refractivity contribution in [3.63, 3.8) is 0 Å². The number of hydrogen-bond acceptors (Lipinski definition) is 2. The molecular formula is C6H11O4P. The Balaban J connectivity index is 4.61. The highest BCUT2D eigenvalue weighted by Crippen LogP contribution is 2.48. The van der Waals surface area contributed by atoms with E-state index < -0.39 is 13.3 Å². The predicted octanol–water partition coefficient (Wildman–Crippen LogP) is 1.27. The second-order valence-electron chi connectivity index (χ2n) is 2.14. The SMILES string of the molecule is CCP(=O)(O)/C(C)=C/C(=O)O. The van der Waals surface area contributed by atoms with Gasteiger partial charge in [-0.25, -0.2) is 4.79 Å². The van der Waals surface area contributed by atoms with E-state index in [1.807, 2.05) is 0 Å². The summed E-state index contributed by atoms with van der Waals surface area (Å²) in [4.78, 5) is 19.1. The summed E-state index contributed by atoms with van der Waals surface area (Å²) in [6.07, 6.45) is 0.840. The van der Waals surface area contributed by atoms with Crippen LogP contribution in [0.1, 0.15) is 13.8 Å². The van der Waals surface area contributed by atoms with Crippen molar-refractivity contribution in [3.05, 3.63) is 11.4 Å². The molecule has 0 aromatic rings. The van der Waals surface area contributed by atoms with Gasteiger partial charge in [0.05, 0.1) is 0 Å². The molecular weight excluding hydrogens is 167 g/mol. The average Bonchev–Trinajstić information content (AvgIpc) is 1.86. The second kappa shape index (κ2) is 3.69. The highest BCUT2D eigenvalue weighted by atomic mass is 31.2. The Bertz CT molecular complexity index is 231. The lowest BCUT2D eigenvalue weighted by Gasteiger charge is -2.07. The summed E-state index contributed by atoms with van der Waals surface area (Å²) in [6, 6.07) is 0. The largest absolute Gasteiger partial charge is 0.478 e. The zero-order valence-corrected chi connectivity index (χ0v) is 7.34. The molecule has 0 aliphatic heterocycles. The van der Waals surface area contributed by atoms with Gasteiger partial charge in [-0.3, -0.25) is 4.57 Å². The highest BCUT2D eigenvalue weighted by molar-refractivity contribution is 7.62. The van der Waals surface area contributed by atoms with Crippen LogP contribution < -0.4 is 0 Å². The Hall–Kier alpha value is -0.600. The normalized spacial score (nSPS) is 17.5. The number of carbonyl (C=O) groups is 1. The molecule has 0 saturated carbocycles. The lowest BCUT2D eigenvalue weighted by atomic mass is 10.5. The molecule has 1 unspecified atom stereocenters. The van der Waals surface area contributed by atoms with E-state index in [-0.39, 0.29) is 11.5 Å². The molecule has 0 amide bonds. The molecule has 5 heteroatoms. The highest BCUT2D eigenvalue weighted by Gasteiger charge is 2.18. The molecule has 0 spiro atoms. The fourth-order valence-electron chi connectivity index (χ4n) is 0.529. The Morgan fingerprint density at radius 1 is 1.64 bits per heavy atom. The Morgan fingerprint density at radius 3 is 2.36 bits per heavy atom. The molecule has 0 saturated heterocycles. The van der Waals surface area contributed by atoms with Crippen LogP contribution in [-0.2, 0) is 9.36 Å². The fraction of sp³-hybridized carbons (Fsp3) is 0.500. The summed E-state index contributed by atoms with van der Waals surface area (Å²) in [5.41, 5.74) is 0. The number of carboxylic acid groups (broad SMARTS) is 1. The lowest BCUT2D eigenvalue weighted by molar-refractivity contribution is -0.131. The first-order valence-electron chi connectivity index (χ1n) is 3.13. The lowest BCUT2D eigenvalue weighted by Crippen LogP contribution is -1.92. The van der Waals surface area contributed by atoms with E-state index in [1.54, 1.807) is 6.92 Å². The maximum atomic E-state index is 11.0. The smallest absolute Gasteiger partial charge is 0.328 e. The Kier molecular flexibility index (Phi) is 3.49. The minimum Gasteiger partial charge on any atom is -0.478 e. The third-order valence-corrected chi connectivity index (χ3v) is 3.40. The van der Waals surface area contributed by atoms with Crippen LogP contribution in [0.25, 0.3) is 0 Å². The van der Waals surface area contributed by atoms with Gasteiger partial charge in [0, 0.05) is 17.6 Å². The number of aliphatic carboxylic acids is 1. The molecule has 0 rings (SSSR count). The summed E-state index contributed by atoms with van der Waals surface area (Å²) >= 11 is 0. The molecule has 0 radical (unpaired) electrons. The minimum absolute atomic E-state index is 0.0347. The monoisotopic (exact) mass is 178 g/mol. The van der Waals surface area contributed by atoms with Crippen LogP contribution in [0.3, 0.4) is 0 Å². The fourth-order valence-corrected chi connectivity index (χ4v) is 1.34. The third-order valence-electron chi connectivity index (χ3n) is 1.31. The standard InChI is InChI=1S/C6H11O4P/c1-3-11(9,10)5(2)4-6(7)8/h4H,3H2,1-2H3,(H,7,8)(H,9,10)/b5-4+. The first kappa shape index (κ1) is 10.4. The Labute approximate surface area is 65.0 Å². The van der Waals surface area contributed by atoms with Gasteiger partial charge in [-0.1, -0.05) is 6.92 Å². The van der Waals surface area contributed by atoms with Gasteiger partial charge in [0.15, 0.2) is 0 Å². The first-order chi connectivity index (χ1) is 4.90. The summed E-state index contributed by atoms with van der Waals surface area (Å²) in [5.74, 6) is -1.19. The van der Waals surface area contributed by atoms with E-state index in [1.165, 1.54) is 6.92 Å². The topological polar surface area (TPSA) is 74.6 Å². The van der Waals surface area contributed by atoms with Crippen molar-refractivity contribution >= 4 is 13.3 Å². The van der Waals surface area contributed by atoms with Gasteiger partial charge in [0.2, 0.25) is 7.37 Å².